The first-order valence-electron chi connectivity index (χ1n) is 8.00. The van der Waals surface area contributed by atoms with Crippen molar-refractivity contribution in [3.05, 3.63) is 54.6 Å². The highest BCUT2D eigenvalue weighted by molar-refractivity contribution is 6.02. The molecule has 6 heteroatoms. The molecule has 0 bridgehead atoms. The fourth-order valence-corrected chi connectivity index (χ4v) is 2.58. The number of likely N-dealkylation sites (tertiary alicyclic amines) is 1. The maximum absolute atomic E-state index is 7.98. The average molecular weight is 323 g/mol. The zero-order valence-corrected chi connectivity index (χ0v) is 13.4. The molecule has 0 spiro atoms. The highest BCUT2D eigenvalue weighted by Crippen LogP contribution is 2.23. The quantitative estimate of drug-likeness (QED) is 0.515. The van der Waals surface area contributed by atoms with Gasteiger partial charge in [0, 0.05) is 24.8 Å². The number of guanidine groups is 2. The van der Waals surface area contributed by atoms with Crippen LogP contribution in [-0.4, -0.2) is 29.9 Å². The number of nitrogens with zero attached hydrogens (tertiary/aromatic N) is 1. The molecule has 0 atom stereocenters. The summed E-state index contributed by atoms with van der Waals surface area (Å²) in [5.41, 5.74) is 0.732. The second-order valence-electron chi connectivity index (χ2n) is 5.61. The zero-order valence-electron chi connectivity index (χ0n) is 13.4. The van der Waals surface area contributed by atoms with Gasteiger partial charge in [-0.1, -0.05) is 24.3 Å². The molecule has 0 aliphatic carbocycles. The fourth-order valence-electron chi connectivity index (χ4n) is 2.58. The smallest absolute Gasteiger partial charge is 0.199 e. The number of para-hydroxylation sites is 1. The summed E-state index contributed by atoms with van der Waals surface area (Å²) >= 11 is 0. The van der Waals surface area contributed by atoms with Crippen molar-refractivity contribution in [3.63, 3.8) is 0 Å². The van der Waals surface area contributed by atoms with Gasteiger partial charge in [-0.25, -0.2) is 0 Å². The van der Waals surface area contributed by atoms with Crippen LogP contribution in [0.4, 0.5) is 5.69 Å². The molecule has 3 rings (SSSR count). The lowest BCUT2D eigenvalue weighted by Gasteiger charge is -2.20. The van der Waals surface area contributed by atoms with E-state index in [0.29, 0.717) is 5.75 Å². The lowest BCUT2D eigenvalue weighted by Crippen LogP contribution is -2.44. The Bertz CT molecular complexity index is 710. The Morgan fingerprint density at radius 1 is 0.917 bits per heavy atom. The lowest BCUT2D eigenvalue weighted by molar-refractivity contribution is 0.483. The van der Waals surface area contributed by atoms with E-state index in [1.165, 1.54) is 0 Å². The van der Waals surface area contributed by atoms with Crippen molar-refractivity contribution in [1.82, 2.24) is 10.2 Å². The summed E-state index contributed by atoms with van der Waals surface area (Å²) in [6.45, 7) is 1.75. The van der Waals surface area contributed by atoms with Crippen molar-refractivity contribution in [2.45, 2.75) is 12.8 Å². The summed E-state index contributed by atoms with van der Waals surface area (Å²) in [7, 11) is 0. The van der Waals surface area contributed by atoms with E-state index >= 15 is 0 Å². The Morgan fingerprint density at radius 2 is 1.62 bits per heavy atom. The number of ether oxygens (including phenoxy) is 1. The molecule has 1 aliphatic heterocycles. The second-order valence-corrected chi connectivity index (χ2v) is 5.61. The molecule has 1 aliphatic rings. The standard InChI is InChI=1S/C18H21N5O/c19-17(22-18(20)23-11-4-5-12-23)21-14-7-6-10-16(13-14)24-15-8-2-1-3-9-15/h1-3,6-10,13H,4-5,11-12H2,(H4,19,20,21,22). The molecular weight excluding hydrogens is 302 g/mol. The third kappa shape index (κ3) is 4.25. The minimum absolute atomic E-state index is 0.0729. The van der Waals surface area contributed by atoms with Crippen LogP contribution in [-0.2, 0) is 0 Å². The topological polar surface area (TPSA) is 84.2 Å². The monoisotopic (exact) mass is 323 g/mol. The molecule has 2 aromatic carbocycles. The van der Waals surface area contributed by atoms with Gasteiger partial charge in [-0.3, -0.25) is 16.1 Å². The molecule has 0 amide bonds. The van der Waals surface area contributed by atoms with Gasteiger partial charge in [0.05, 0.1) is 0 Å². The maximum Gasteiger partial charge on any atom is 0.199 e. The predicted octanol–water partition coefficient (Wildman–Crippen LogP) is 3.45. The Hall–Kier alpha value is -3.02. The summed E-state index contributed by atoms with van der Waals surface area (Å²) in [5.74, 6) is 1.79. The Labute approximate surface area is 141 Å². The SMILES string of the molecule is N=C(NC(=N)N1CCCC1)Nc1cccc(Oc2ccccc2)c1. The Balaban J connectivity index is 1.57. The Morgan fingerprint density at radius 3 is 2.38 bits per heavy atom. The maximum atomic E-state index is 7.98. The van der Waals surface area contributed by atoms with Crippen LogP contribution in [0.25, 0.3) is 0 Å². The van der Waals surface area contributed by atoms with Crippen molar-refractivity contribution in [2.24, 2.45) is 0 Å². The molecule has 0 radical (unpaired) electrons. The van der Waals surface area contributed by atoms with Crippen molar-refractivity contribution in [2.75, 3.05) is 18.4 Å². The summed E-state index contributed by atoms with van der Waals surface area (Å²) in [5, 5.41) is 21.7. The number of benzene rings is 2. The Kier molecular flexibility index (Phi) is 4.96. The van der Waals surface area contributed by atoms with Crippen LogP contribution < -0.4 is 15.4 Å². The molecule has 2 aromatic rings. The molecule has 6 nitrogen and oxygen atoms in total. The molecular formula is C18H21N5O. The van der Waals surface area contributed by atoms with Crippen molar-refractivity contribution < 1.29 is 4.74 Å². The van der Waals surface area contributed by atoms with Gasteiger partial charge in [0.25, 0.3) is 0 Å². The molecule has 0 unspecified atom stereocenters. The minimum atomic E-state index is 0.0729. The van der Waals surface area contributed by atoms with Gasteiger partial charge in [0.1, 0.15) is 11.5 Å². The van der Waals surface area contributed by atoms with E-state index < -0.39 is 0 Å². The highest BCUT2D eigenvalue weighted by atomic mass is 16.5. The van der Waals surface area contributed by atoms with Crippen molar-refractivity contribution >= 4 is 17.6 Å². The molecule has 124 valence electrons. The van der Waals surface area contributed by atoms with Crippen molar-refractivity contribution in [1.29, 1.82) is 10.8 Å². The largest absolute Gasteiger partial charge is 0.457 e. The van der Waals surface area contributed by atoms with Crippen LogP contribution in [0, 0.1) is 10.8 Å². The van der Waals surface area contributed by atoms with Gasteiger partial charge in [-0.05, 0) is 37.1 Å². The van der Waals surface area contributed by atoms with Crippen LogP contribution in [0.5, 0.6) is 11.5 Å². The normalized spacial score (nSPS) is 13.4. The number of hydrogen-bond donors (Lipinski definition) is 4. The first-order valence-corrected chi connectivity index (χ1v) is 8.00. The van der Waals surface area contributed by atoms with Crippen LogP contribution in [0.2, 0.25) is 0 Å². The van der Waals surface area contributed by atoms with Crippen LogP contribution in [0.3, 0.4) is 0 Å². The summed E-state index contributed by atoms with van der Waals surface area (Å²) in [6.07, 6.45) is 2.20. The van der Waals surface area contributed by atoms with E-state index in [4.69, 9.17) is 15.6 Å². The number of anilines is 1. The average Bonchev–Trinajstić information content (AvgIpc) is 3.10. The van der Waals surface area contributed by atoms with Gasteiger partial charge in [0.2, 0.25) is 0 Å². The van der Waals surface area contributed by atoms with E-state index in [9.17, 15) is 0 Å². The van der Waals surface area contributed by atoms with E-state index in [2.05, 4.69) is 10.6 Å². The van der Waals surface area contributed by atoms with Gasteiger partial charge in [-0.2, -0.15) is 0 Å². The number of nitrogens with one attached hydrogen (secondary N) is 4. The summed E-state index contributed by atoms with van der Waals surface area (Å²) in [4.78, 5) is 1.94. The zero-order chi connectivity index (χ0) is 16.8. The summed E-state index contributed by atoms with van der Waals surface area (Å²) in [6, 6.07) is 17.0. The van der Waals surface area contributed by atoms with E-state index in [0.717, 1.165) is 37.4 Å². The third-order valence-corrected chi connectivity index (χ3v) is 3.75. The van der Waals surface area contributed by atoms with Crippen LogP contribution >= 0.6 is 0 Å². The van der Waals surface area contributed by atoms with Crippen molar-refractivity contribution in [3.8, 4) is 11.5 Å². The van der Waals surface area contributed by atoms with E-state index in [-0.39, 0.29) is 11.9 Å². The molecule has 4 N–H and O–H groups in total. The van der Waals surface area contributed by atoms with Gasteiger partial charge >= 0.3 is 0 Å². The predicted molar refractivity (Wildman–Crippen MR) is 96.0 cm³/mol. The molecule has 1 heterocycles. The lowest BCUT2D eigenvalue weighted by atomic mass is 10.3. The van der Waals surface area contributed by atoms with Gasteiger partial charge < -0.3 is 15.0 Å². The molecule has 1 saturated heterocycles. The van der Waals surface area contributed by atoms with E-state index in [1.54, 1.807) is 0 Å². The molecule has 0 aromatic heterocycles. The molecule has 0 saturated carbocycles. The summed E-state index contributed by atoms with van der Waals surface area (Å²) < 4.78 is 5.78. The third-order valence-electron chi connectivity index (χ3n) is 3.75. The van der Waals surface area contributed by atoms with E-state index in [1.807, 2.05) is 59.5 Å². The van der Waals surface area contributed by atoms with Crippen LogP contribution in [0.1, 0.15) is 12.8 Å². The number of rotatable bonds is 3. The second kappa shape index (κ2) is 7.50. The fraction of sp³-hybridized carbons (Fsp3) is 0.222. The van der Waals surface area contributed by atoms with Crippen LogP contribution in [0.15, 0.2) is 54.6 Å². The highest BCUT2D eigenvalue weighted by Gasteiger charge is 2.15. The molecule has 1 fully saturated rings. The molecule has 24 heavy (non-hydrogen) atoms. The minimum Gasteiger partial charge on any atom is -0.457 e. The first-order chi connectivity index (χ1) is 11.7. The number of hydrogen-bond acceptors (Lipinski definition) is 3. The first kappa shape index (κ1) is 15.9. The van der Waals surface area contributed by atoms with Gasteiger partial charge in [0.15, 0.2) is 11.9 Å². The van der Waals surface area contributed by atoms with Gasteiger partial charge in [-0.15, -0.1) is 0 Å².